The van der Waals surface area contributed by atoms with Crippen molar-refractivity contribution in [2.45, 2.75) is 0 Å². The maximum atomic E-state index is 13.3. The molecular formula is C19H13ClFN3O3. The Kier molecular flexibility index (Phi) is 5.05. The van der Waals surface area contributed by atoms with Crippen molar-refractivity contribution in [1.82, 2.24) is 0 Å². The van der Waals surface area contributed by atoms with Gasteiger partial charge in [-0.15, -0.1) is 0 Å². The Labute approximate surface area is 158 Å². The molecule has 0 spiro atoms. The first kappa shape index (κ1) is 18.3. The average molecular weight is 386 g/mol. The van der Waals surface area contributed by atoms with Gasteiger partial charge in [0.15, 0.2) is 0 Å². The number of benzene rings is 3. The van der Waals surface area contributed by atoms with Crippen LogP contribution in [0.1, 0.15) is 15.9 Å². The molecule has 0 aliphatic heterocycles. The van der Waals surface area contributed by atoms with E-state index in [2.05, 4.69) is 10.1 Å². The van der Waals surface area contributed by atoms with Crippen molar-refractivity contribution in [2.75, 3.05) is 5.32 Å². The van der Waals surface area contributed by atoms with E-state index in [9.17, 15) is 14.0 Å². The standard InChI is InChI=1S/C19H13ClFN3O3/c20-13-4-6-16(15(9-13)17(22)27-19(23)26)24-18(25)12-2-1-11-8-14(21)5-3-10(11)7-12/h1-9,22H,(H2,23,26)(H,24,25). The highest BCUT2D eigenvalue weighted by molar-refractivity contribution is 6.31. The fourth-order valence-electron chi connectivity index (χ4n) is 2.52. The highest BCUT2D eigenvalue weighted by Gasteiger charge is 2.16. The van der Waals surface area contributed by atoms with Gasteiger partial charge in [0.25, 0.3) is 5.91 Å². The average Bonchev–Trinajstić information content (AvgIpc) is 2.62. The summed E-state index contributed by atoms with van der Waals surface area (Å²) in [4.78, 5) is 23.5. The number of rotatable bonds is 3. The second kappa shape index (κ2) is 7.43. The van der Waals surface area contributed by atoms with Gasteiger partial charge >= 0.3 is 6.09 Å². The van der Waals surface area contributed by atoms with Gasteiger partial charge in [-0.1, -0.05) is 23.7 Å². The predicted octanol–water partition coefficient (Wildman–Crippen LogP) is 4.31. The van der Waals surface area contributed by atoms with E-state index in [1.807, 2.05) is 0 Å². The molecule has 3 aromatic carbocycles. The van der Waals surface area contributed by atoms with E-state index in [0.29, 0.717) is 16.3 Å². The molecule has 0 fully saturated rings. The Balaban J connectivity index is 1.90. The number of hydrogen-bond donors (Lipinski definition) is 3. The second-order valence-electron chi connectivity index (χ2n) is 5.60. The smallest absolute Gasteiger partial charge is 0.391 e. The minimum absolute atomic E-state index is 0.0949. The van der Waals surface area contributed by atoms with Gasteiger partial charge in [-0.2, -0.15) is 0 Å². The number of halogens is 2. The number of nitrogens with one attached hydrogen (secondary N) is 2. The van der Waals surface area contributed by atoms with E-state index < -0.39 is 17.9 Å². The first-order valence-electron chi connectivity index (χ1n) is 7.70. The number of carbonyl (C=O) groups excluding carboxylic acids is 2. The number of carbonyl (C=O) groups is 2. The topological polar surface area (TPSA) is 105 Å². The number of amides is 2. The first-order chi connectivity index (χ1) is 12.8. The summed E-state index contributed by atoms with van der Waals surface area (Å²) in [5.74, 6) is -1.37. The van der Waals surface area contributed by atoms with Crippen LogP contribution in [-0.2, 0) is 4.74 Å². The third-order valence-electron chi connectivity index (χ3n) is 3.74. The highest BCUT2D eigenvalue weighted by Crippen LogP contribution is 2.23. The lowest BCUT2D eigenvalue weighted by Crippen LogP contribution is -2.21. The molecule has 0 aliphatic rings. The van der Waals surface area contributed by atoms with Gasteiger partial charge in [0.2, 0.25) is 5.90 Å². The minimum atomic E-state index is -1.15. The summed E-state index contributed by atoms with van der Waals surface area (Å²) in [5.41, 5.74) is 5.57. The summed E-state index contributed by atoms with van der Waals surface area (Å²) >= 11 is 5.92. The molecule has 0 heterocycles. The van der Waals surface area contributed by atoms with Crippen molar-refractivity contribution in [1.29, 1.82) is 5.41 Å². The molecule has 4 N–H and O–H groups in total. The van der Waals surface area contributed by atoms with Crippen LogP contribution in [0.15, 0.2) is 54.6 Å². The van der Waals surface area contributed by atoms with Crippen molar-refractivity contribution in [3.63, 3.8) is 0 Å². The van der Waals surface area contributed by atoms with Crippen molar-refractivity contribution >= 4 is 46.0 Å². The highest BCUT2D eigenvalue weighted by atomic mass is 35.5. The quantitative estimate of drug-likeness (QED) is 0.462. The Bertz CT molecular complexity index is 1080. The summed E-state index contributed by atoms with van der Waals surface area (Å²) in [6, 6.07) is 13.4. The Morgan fingerprint density at radius 2 is 1.74 bits per heavy atom. The van der Waals surface area contributed by atoms with E-state index in [-0.39, 0.29) is 22.1 Å². The monoisotopic (exact) mass is 385 g/mol. The number of anilines is 1. The molecule has 136 valence electrons. The maximum absolute atomic E-state index is 13.3. The molecule has 0 saturated carbocycles. The van der Waals surface area contributed by atoms with Crippen LogP contribution in [0, 0.1) is 11.2 Å². The lowest BCUT2D eigenvalue weighted by atomic mass is 10.1. The van der Waals surface area contributed by atoms with Crippen LogP contribution in [0.5, 0.6) is 0 Å². The summed E-state index contributed by atoms with van der Waals surface area (Å²) in [6.07, 6.45) is -1.15. The number of ether oxygens (including phenoxy) is 1. The van der Waals surface area contributed by atoms with Gasteiger partial charge in [-0.3, -0.25) is 10.2 Å². The van der Waals surface area contributed by atoms with Crippen molar-refractivity contribution in [3.8, 4) is 0 Å². The zero-order chi connectivity index (χ0) is 19.6. The van der Waals surface area contributed by atoms with Crippen LogP contribution in [0.4, 0.5) is 14.9 Å². The van der Waals surface area contributed by atoms with Crippen LogP contribution in [-0.4, -0.2) is 17.9 Å². The van der Waals surface area contributed by atoms with Crippen molar-refractivity contribution < 1.29 is 18.7 Å². The maximum Gasteiger partial charge on any atom is 0.411 e. The Morgan fingerprint density at radius 3 is 2.48 bits per heavy atom. The lowest BCUT2D eigenvalue weighted by Gasteiger charge is -2.12. The number of hydrogen-bond acceptors (Lipinski definition) is 4. The van der Waals surface area contributed by atoms with Crippen molar-refractivity contribution in [3.05, 3.63) is 76.6 Å². The van der Waals surface area contributed by atoms with E-state index in [1.165, 1.54) is 30.3 Å². The van der Waals surface area contributed by atoms with Gasteiger partial charge < -0.3 is 15.8 Å². The van der Waals surface area contributed by atoms with Crippen LogP contribution >= 0.6 is 11.6 Å². The fourth-order valence-corrected chi connectivity index (χ4v) is 2.69. The zero-order valence-corrected chi connectivity index (χ0v) is 14.5. The molecule has 0 atom stereocenters. The molecule has 6 nitrogen and oxygen atoms in total. The third kappa shape index (κ3) is 4.21. The summed E-state index contributed by atoms with van der Waals surface area (Å²) < 4.78 is 17.8. The van der Waals surface area contributed by atoms with Crippen LogP contribution in [0.2, 0.25) is 5.02 Å². The molecule has 8 heteroatoms. The van der Waals surface area contributed by atoms with E-state index in [0.717, 1.165) is 0 Å². The first-order valence-corrected chi connectivity index (χ1v) is 8.08. The Morgan fingerprint density at radius 1 is 1.04 bits per heavy atom. The number of fused-ring (bicyclic) bond motifs is 1. The molecule has 0 unspecified atom stereocenters. The van der Waals surface area contributed by atoms with Crippen LogP contribution < -0.4 is 11.1 Å². The van der Waals surface area contributed by atoms with Gasteiger partial charge in [0.1, 0.15) is 5.82 Å². The lowest BCUT2D eigenvalue weighted by molar-refractivity contribution is 0.102. The molecule has 3 rings (SSSR count). The van der Waals surface area contributed by atoms with Gasteiger partial charge in [-0.05, 0) is 53.2 Å². The van der Waals surface area contributed by atoms with E-state index in [4.69, 9.17) is 22.7 Å². The third-order valence-corrected chi connectivity index (χ3v) is 3.98. The predicted molar refractivity (Wildman–Crippen MR) is 101 cm³/mol. The zero-order valence-electron chi connectivity index (χ0n) is 13.8. The molecule has 0 saturated heterocycles. The molecule has 2 amide bonds. The summed E-state index contributed by atoms with van der Waals surface area (Å²) in [7, 11) is 0. The molecule has 0 aliphatic carbocycles. The van der Waals surface area contributed by atoms with Gasteiger partial charge in [-0.25, -0.2) is 9.18 Å². The number of primary amides is 1. The van der Waals surface area contributed by atoms with Gasteiger partial charge in [0.05, 0.1) is 11.3 Å². The minimum Gasteiger partial charge on any atom is -0.391 e. The fraction of sp³-hybridized carbons (Fsp3) is 0. The molecule has 27 heavy (non-hydrogen) atoms. The van der Waals surface area contributed by atoms with E-state index >= 15 is 0 Å². The normalized spacial score (nSPS) is 10.4. The van der Waals surface area contributed by atoms with Crippen LogP contribution in [0.25, 0.3) is 10.8 Å². The second-order valence-corrected chi connectivity index (χ2v) is 6.04. The molecular weight excluding hydrogens is 373 g/mol. The summed E-state index contributed by atoms with van der Waals surface area (Å²) in [6.45, 7) is 0. The molecule has 0 radical (unpaired) electrons. The van der Waals surface area contributed by atoms with Crippen molar-refractivity contribution in [2.24, 2.45) is 5.73 Å². The van der Waals surface area contributed by atoms with E-state index in [1.54, 1.807) is 24.3 Å². The molecule has 3 aromatic rings. The van der Waals surface area contributed by atoms with Crippen LogP contribution in [0.3, 0.4) is 0 Å². The SMILES string of the molecule is N=C(OC(N)=O)c1cc(Cl)ccc1NC(=O)c1ccc2cc(F)ccc2c1. The van der Waals surface area contributed by atoms with Gasteiger partial charge in [0, 0.05) is 10.6 Å². The molecule has 0 bridgehead atoms. The molecule has 0 aromatic heterocycles. The number of nitrogens with two attached hydrogens (primary N) is 1. The summed E-state index contributed by atoms with van der Waals surface area (Å²) in [5, 5.41) is 12.1. The Hall–Kier alpha value is -3.45. The largest absolute Gasteiger partial charge is 0.411 e.